The van der Waals surface area contributed by atoms with Crippen molar-refractivity contribution in [3.8, 4) is 5.75 Å². The number of carbonyl (C=O) groups excluding carboxylic acids is 1. The van der Waals surface area contributed by atoms with E-state index < -0.39 is 6.10 Å². The number of nitrogens with zero attached hydrogens (tertiary/aromatic N) is 1. The lowest BCUT2D eigenvalue weighted by Crippen LogP contribution is -2.34. The highest BCUT2D eigenvalue weighted by Crippen LogP contribution is 2.32. The highest BCUT2D eigenvalue weighted by Gasteiger charge is 2.33. The second kappa shape index (κ2) is 8.17. The highest BCUT2D eigenvalue weighted by molar-refractivity contribution is 5.67. The van der Waals surface area contributed by atoms with Crippen molar-refractivity contribution >= 4 is 12.0 Å². The molecule has 1 aromatic heterocycles. The normalized spacial score (nSPS) is 13.2. The first kappa shape index (κ1) is 19.7. The molecule has 2 aromatic rings. The molecule has 4 heteroatoms. The summed E-state index contributed by atoms with van der Waals surface area (Å²) < 4.78 is 11.9. The van der Waals surface area contributed by atoms with Crippen LogP contribution >= 0.6 is 0 Å². The molecule has 0 fully saturated rings. The van der Waals surface area contributed by atoms with E-state index in [-0.39, 0.29) is 11.4 Å². The molecular weight excluding hydrogens is 326 g/mol. The van der Waals surface area contributed by atoms with Crippen LogP contribution in [0.3, 0.4) is 0 Å². The summed E-state index contributed by atoms with van der Waals surface area (Å²) in [5, 5.41) is 0. The second-order valence-electron chi connectivity index (χ2n) is 7.56. The van der Waals surface area contributed by atoms with Gasteiger partial charge in [0, 0.05) is 24.7 Å². The van der Waals surface area contributed by atoms with Crippen molar-refractivity contribution in [3.05, 3.63) is 65.2 Å². The SMILES string of the molecule is CC(=O)OC(/C(=C\c1cccnc1)Oc1ccc(C)cc1C)C(C)(C)C. The third-order valence-corrected chi connectivity index (χ3v) is 3.88. The number of carbonyl (C=O) groups is 1. The summed E-state index contributed by atoms with van der Waals surface area (Å²) in [5.41, 5.74) is 2.74. The fraction of sp³-hybridized carbons (Fsp3) is 0.364. The van der Waals surface area contributed by atoms with Gasteiger partial charge in [0.2, 0.25) is 0 Å². The zero-order chi connectivity index (χ0) is 19.3. The maximum Gasteiger partial charge on any atom is 0.303 e. The van der Waals surface area contributed by atoms with Crippen LogP contribution in [0.25, 0.3) is 6.08 Å². The smallest absolute Gasteiger partial charge is 0.303 e. The van der Waals surface area contributed by atoms with Gasteiger partial charge in [-0.1, -0.05) is 44.5 Å². The van der Waals surface area contributed by atoms with Crippen molar-refractivity contribution in [2.45, 2.75) is 47.6 Å². The van der Waals surface area contributed by atoms with Crippen LogP contribution in [-0.4, -0.2) is 17.1 Å². The monoisotopic (exact) mass is 353 g/mol. The zero-order valence-electron chi connectivity index (χ0n) is 16.4. The molecule has 0 amide bonds. The van der Waals surface area contributed by atoms with E-state index in [2.05, 4.69) is 11.1 Å². The summed E-state index contributed by atoms with van der Waals surface area (Å²) >= 11 is 0. The minimum Gasteiger partial charge on any atom is -0.457 e. The Bertz CT molecular complexity index is 789. The Balaban J connectivity index is 2.50. The minimum atomic E-state index is -0.527. The molecule has 26 heavy (non-hydrogen) atoms. The number of hydrogen-bond acceptors (Lipinski definition) is 4. The van der Waals surface area contributed by atoms with E-state index in [1.165, 1.54) is 12.5 Å². The molecule has 1 heterocycles. The molecular formula is C22H27NO3. The highest BCUT2D eigenvalue weighted by atomic mass is 16.6. The zero-order valence-corrected chi connectivity index (χ0v) is 16.4. The molecule has 0 spiro atoms. The first-order chi connectivity index (χ1) is 12.2. The maximum absolute atomic E-state index is 11.7. The number of benzene rings is 1. The van der Waals surface area contributed by atoms with E-state index in [0.717, 1.165) is 16.9 Å². The summed E-state index contributed by atoms with van der Waals surface area (Å²) in [6.45, 7) is 11.5. The van der Waals surface area contributed by atoms with Crippen LogP contribution in [0.5, 0.6) is 5.75 Å². The van der Waals surface area contributed by atoms with Gasteiger partial charge in [0.25, 0.3) is 0 Å². The van der Waals surface area contributed by atoms with E-state index in [1.54, 1.807) is 12.4 Å². The molecule has 0 saturated heterocycles. The molecule has 2 rings (SSSR count). The van der Waals surface area contributed by atoms with Gasteiger partial charge in [-0.2, -0.15) is 0 Å². The van der Waals surface area contributed by atoms with Crippen molar-refractivity contribution in [1.29, 1.82) is 0 Å². The maximum atomic E-state index is 11.7. The van der Waals surface area contributed by atoms with Crippen molar-refractivity contribution in [3.63, 3.8) is 0 Å². The molecule has 0 aliphatic heterocycles. The van der Waals surface area contributed by atoms with Crippen LogP contribution in [0.4, 0.5) is 0 Å². The summed E-state index contributed by atoms with van der Waals surface area (Å²) in [4.78, 5) is 15.9. The quantitative estimate of drug-likeness (QED) is 0.554. The predicted molar refractivity (Wildman–Crippen MR) is 104 cm³/mol. The van der Waals surface area contributed by atoms with Gasteiger partial charge in [-0.15, -0.1) is 0 Å². The minimum absolute atomic E-state index is 0.335. The Morgan fingerprint density at radius 1 is 1.19 bits per heavy atom. The lowest BCUT2D eigenvalue weighted by Gasteiger charge is -2.31. The molecule has 0 aliphatic rings. The molecule has 1 atom stereocenters. The van der Waals surface area contributed by atoms with Gasteiger partial charge in [-0.05, 0) is 43.2 Å². The third-order valence-electron chi connectivity index (χ3n) is 3.88. The third kappa shape index (κ3) is 5.45. The number of hydrogen-bond donors (Lipinski definition) is 0. The van der Waals surface area contributed by atoms with Gasteiger partial charge in [-0.3, -0.25) is 9.78 Å². The molecule has 4 nitrogen and oxygen atoms in total. The van der Waals surface area contributed by atoms with Crippen LogP contribution in [0.15, 0.2) is 48.5 Å². The molecule has 0 radical (unpaired) electrons. The van der Waals surface area contributed by atoms with Crippen LogP contribution < -0.4 is 4.74 Å². The Hall–Kier alpha value is -2.62. The average Bonchev–Trinajstić information content (AvgIpc) is 2.54. The number of aryl methyl sites for hydroxylation is 2. The van der Waals surface area contributed by atoms with Gasteiger partial charge in [0.15, 0.2) is 6.10 Å². The van der Waals surface area contributed by atoms with Gasteiger partial charge < -0.3 is 9.47 Å². The number of ether oxygens (including phenoxy) is 2. The van der Waals surface area contributed by atoms with E-state index in [4.69, 9.17) is 9.47 Å². The predicted octanol–water partition coefficient (Wildman–Crippen LogP) is 5.10. The van der Waals surface area contributed by atoms with Crippen molar-refractivity contribution in [2.75, 3.05) is 0 Å². The first-order valence-corrected chi connectivity index (χ1v) is 8.71. The Kier molecular flexibility index (Phi) is 6.19. The summed E-state index contributed by atoms with van der Waals surface area (Å²) in [5.74, 6) is 0.978. The molecule has 0 bridgehead atoms. The van der Waals surface area contributed by atoms with Crippen LogP contribution in [0.2, 0.25) is 0 Å². The molecule has 1 unspecified atom stereocenters. The Labute approximate surface area is 155 Å². The van der Waals surface area contributed by atoms with Crippen molar-refractivity contribution in [2.24, 2.45) is 5.41 Å². The number of pyridine rings is 1. The summed E-state index contributed by atoms with van der Waals surface area (Å²) in [7, 11) is 0. The number of aromatic nitrogens is 1. The molecule has 138 valence electrons. The average molecular weight is 353 g/mol. The lowest BCUT2D eigenvalue weighted by molar-refractivity contribution is -0.150. The fourth-order valence-electron chi connectivity index (χ4n) is 2.65. The number of rotatable bonds is 5. The molecule has 0 aliphatic carbocycles. The molecule has 0 N–H and O–H groups in total. The van der Waals surface area contributed by atoms with Crippen molar-refractivity contribution < 1.29 is 14.3 Å². The Morgan fingerprint density at radius 2 is 1.92 bits per heavy atom. The van der Waals surface area contributed by atoms with Gasteiger partial charge in [-0.25, -0.2) is 0 Å². The van der Waals surface area contributed by atoms with Crippen LogP contribution in [0, 0.1) is 19.3 Å². The molecule has 1 aromatic carbocycles. The van der Waals surface area contributed by atoms with Gasteiger partial charge in [0.1, 0.15) is 11.5 Å². The topological polar surface area (TPSA) is 48.4 Å². The fourth-order valence-corrected chi connectivity index (χ4v) is 2.65. The van der Waals surface area contributed by atoms with E-state index in [1.807, 2.05) is 65.0 Å². The van der Waals surface area contributed by atoms with E-state index in [0.29, 0.717) is 5.76 Å². The number of esters is 1. The molecule has 0 saturated carbocycles. The standard InChI is InChI=1S/C22H27NO3/c1-15-9-10-19(16(2)12-15)26-20(13-18-8-7-11-23-14-18)21(22(4,5)6)25-17(3)24/h7-14,21H,1-6H3/b20-13+. The van der Waals surface area contributed by atoms with Gasteiger partial charge >= 0.3 is 5.97 Å². The van der Waals surface area contributed by atoms with Gasteiger partial charge in [0.05, 0.1) is 0 Å². The largest absolute Gasteiger partial charge is 0.457 e. The van der Waals surface area contributed by atoms with Crippen LogP contribution in [-0.2, 0) is 9.53 Å². The summed E-state index contributed by atoms with van der Waals surface area (Å²) in [6.07, 6.45) is 4.82. The lowest BCUT2D eigenvalue weighted by atomic mass is 9.87. The Morgan fingerprint density at radius 3 is 2.46 bits per heavy atom. The summed E-state index contributed by atoms with van der Waals surface area (Å²) in [6, 6.07) is 9.80. The van der Waals surface area contributed by atoms with Crippen molar-refractivity contribution in [1.82, 2.24) is 4.98 Å². The second-order valence-corrected chi connectivity index (χ2v) is 7.56. The first-order valence-electron chi connectivity index (χ1n) is 8.71. The van der Waals surface area contributed by atoms with E-state index in [9.17, 15) is 4.79 Å². The van der Waals surface area contributed by atoms with E-state index >= 15 is 0 Å². The van der Waals surface area contributed by atoms with Crippen LogP contribution in [0.1, 0.15) is 44.4 Å².